The number of thioether (sulfide) groups is 1. The summed E-state index contributed by atoms with van der Waals surface area (Å²) in [7, 11) is 0. The molecule has 0 unspecified atom stereocenters. The lowest BCUT2D eigenvalue weighted by Gasteiger charge is -2.05. The maximum absolute atomic E-state index is 8.58. The van der Waals surface area contributed by atoms with E-state index in [2.05, 4.69) is 10.3 Å². The summed E-state index contributed by atoms with van der Waals surface area (Å²) in [6.45, 7) is 1.18. The quantitative estimate of drug-likeness (QED) is 0.572. The van der Waals surface area contributed by atoms with Gasteiger partial charge in [-0.25, -0.2) is 4.98 Å². The smallest absolute Gasteiger partial charge is 0.131 e. The van der Waals surface area contributed by atoms with Crippen molar-refractivity contribution in [1.29, 1.82) is 0 Å². The van der Waals surface area contributed by atoms with Crippen molar-refractivity contribution in [2.75, 3.05) is 30.0 Å². The standard InChI is InChI=1S/C10H15ClN2OS/c11-10-8-9(2-3-13-10)12-4-7-15-6-1-5-14/h2-3,8,14H,1,4-7H2,(H,12,13). The van der Waals surface area contributed by atoms with Gasteiger partial charge in [0, 0.05) is 30.8 Å². The number of anilines is 1. The summed E-state index contributed by atoms with van der Waals surface area (Å²) >= 11 is 7.57. The molecule has 0 bridgehead atoms. The van der Waals surface area contributed by atoms with Crippen molar-refractivity contribution in [3.05, 3.63) is 23.5 Å². The molecule has 0 radical (unpaired) electrons. The van der Waals surface area contributed by atoms with Gasteiger partial charge >= 0.3 is 0 Å². The number of nitrogens with zero attached hydrogens (tertiary/aromatic N) is 1. The Labute approximate surface area is 99.2 Å². The molecule has 0 aliphatic heterocycles. The Morgan fingerprint density at radius 3 is 3.07 bits per heavy atom. The SMILES string of the molecule is OCCCSCCNc1ccnc(Cl)c1. The number of rotatable bonds is 7. The van der Waals surface area contributed by atoms with Gasteiger partial charge in [0.1, 0.15) is 5.15 Å². The normalized spacial score (nSPS) is 10.3. The zero-order valence-corrected chi connectivity index (χ0v) is 10.0. The van der Waals surface area contributed by atoms with Crippen molar-refractivity contribution >= 4 is 29.1 Å². The highest BCUT2D eigenvalue weighted by atomic mass is 35.5. The number of aliphatic hydroxyl groups excluding tert-OH is 1. The molecule has 0 spiro atoms. The van der Waals surface area contributed by atoms with Crippen molar-refractivity contribution in [3.63, 3.8) is 0 Å². The molecule has 15 heavy (non-hydrogen) atoms. The van der Waals surface area contributed by atoms with Crippen LogP contribution in [0, 0.1) is 0 Å². The van der Waals surface area contributed by atoms with Crippen molar-refractivity contribution in [1.82, 2.24) is 4.98 Å². The number of nitrogens with one attached hydrogen (secondary N) is 1. The highest BCUT2D eigenvalue weighted by molar-refractivity contribution is 7.99. The first-order chi connectivity index (χ1) is 7.33. The number of hydrogen-bond donors (Lipinski definition) is 2. The van der Waals surface area contributed by atoms with E-state index in [1.54, 1.807) is 12.3 Å². The van der Waals surface area contributed by atoms with Crippen molar-refractivity contribution in [2.24, 2.45) is 0 Å². The van der Waals surface area contributed by atoms with E-state index >= 15 is 0 Å². The topological polar surface area (TPSA) is 45.1 Å². The van der Waals surface area contributed by atoms with Gasteiger partial charge in [-0.1, -0.05) is 11.6 Å². The second kappa shape index (κ2) is 7.79. The van der Waals surface area contributed by atoms with Gasteiger partial charge in [-0.3, -0.25) is 0 Å². The zero-order chi connectivity index (χ0) is 10.9. The summed E-state index contributed by atoms with van der Waals surface area (Å²) in [4.78, 5) is 3.90. The van der Waals surface area contributed by atoms with Crippen LogP contribution in [0.15, 0.2) is 18.3 Å². The summed E-state index contributed by atoms with van der Waals surface area (Å²) in [5, 5.41) is 12.3. The van der Waals surface area contributed by atoms with Crippen LogP contribution in [0.25, 0.3) is 0 Å². The summed E-state index contributed by atoms with van der Waals surface area (Å²) in [6.07, 6.45) is 2.55. The predicted octanol–water partition coefficient (Wildman–Crippen LogP) is 2.26. The molecule has 0 aliphatic rings. The van der Waals surface area contributed by atoms with Gasteiger partial charge in [0.05, 0.1) is 0 Å². The van der Waals surface area contributed by atoms with Crippen LogP contribution < -0.4 is 5.32 Å². The summed E-state index contributed by atoms with van der Waals surface area (Å²) in [5.74, 6) is 2.04. The van der Waals surface area contributed by atoms with E-state index in [-0.39, 0.29) is 6.61 Å². The second-order valence-electron chi connectivity index (χ2n) is 2.98. The Kier molecular flexibility index (Phi) is 6.55. The first-order valence-electron chi connectivity index (χ1n) is 4.87. The maximum atomic E-state index is 8.58. The second-order valence-corrected chi connectivity index (χ2v) is 4.60. The molecule has 0 fully saturated rings. The lowest BCUT2D eigenvalue weighted by molar-refractivity contribution is 0.296. The average Bonchev–Trinajstić information content (AvgIpc) is 2.23. The predicted molar refractivity (Wildman–Crippen MR) is 66.8 cm³/mol. The first-order valence-corrected chi connectivity index (χ1v) is 6.40. The molecule has 1 heterocycles. The third kappa shape index (κ3) is 5.87. The summed E-state index contributed by atoms with van der Waals surface area (Å²) in [6, 6.07) is 3.70. The van der Waals surface area contributed by atoms with Gasteiger partial charge in [0.2, 0.25) is 0 Å². The van der Waals surface area contributed by atoms with E-state index in [1.807, 2.05) is 17.8 Å². The van der Waals surface area contributed by atoms with Crippen LogP contribution >= 0.6 is 23.4 Å². The lowest BCUT2D eigenvalue weighted by atomic mass is 10.4. The fourth-order valence-electron chi connectivity index (χ4n) is 1.05. The summed E-state index contributed by atoms with van der Waals surface area (Å²) < 4.78 is 0. The number of aromatic nitrogens is 1. The van der Waals surface area contributed by atoms with E-state index in [9.17, 15) is 0 Å². The van der Waals surface area contributed by atoms with Crippen molar-refractivity contribution in [2.45, 2.75) is 6.42 Å². The Morgan fingerprint density at radius 1 is 1.47 bits per heavy atom. The summed E-state index contributed by atoms with van der Waals surface area (Å²) in [5.41, 5.74) is 0.998. The number of pyridine rings is 1. The van der Waals surface area contributed by atoms with Gasteiger partial charge in [0.25, 0.3) is 0 Å². The molecule has 0 aromatic carbocycles. The van der Waals surface area contributed by atoms with Crippen LogP contribution in [0.5, 0.6) is 0 Å². The van der Waals surface area contributed by atoms with E-state index in [0.29, 0.717) is 5.15 Å². The Bertz CT molecular complexity index is 286. The van der Waals surface area contributed by atoms with Crippen LogP contribution in [0.2, 0.25) is 5.15 Å². The molecule has 0 saturated heterocycles. The van der Waals surface area contributed by atoms with E-state index in [1.165, 1.54) is 0 Å². The molecule has 84 valence electrons. The van der Waals surface area contributed by atoms with Gasteiger partial charge in [-0.05, 0) is 24.3 Å². The molecule has 0 atom stereocenters. The molecule has 3 nitrogen and oxygen atoms in total. The fraction of sp³-hybridized carbons (Fsp3) is 0.500. The van der Waals surface area contributed by atoms with Gasteiger partial charge in [0.15, 0.2) is 0 Å². The maximum Gasteiger partial charge on any atom is 0.131 e. The van der Waals surface area contributed by atoms with Crippen LogP contribution in [0.1, 0.15) is 6.42 Å². The minimum atomic E-state index is 0.278. The van der Waals surface area contributed by atoms with Crippen LogP contribution in [-0.2, 0) is 0 Å². The van der Waals surface area contributed by atoms with Crippen LogP contribution in [-0.4, -0.2) is 34.7 Å². The van der Waals surface area contributed by atoms with Gasteiger partial charge in [-0.15, -0.1) is 0 Å². The van der Waals surface area contributed by atoms with Crippen LogP contribution in [0.4, 0.5) is 5.69 Å². The van der Waals surface area contributed by atoms with Crippen molar-refractivity contribution < 1.29 is 5.11 Å². The fourth-order valence-corrected chi connectivity index (χ4v) is 2.01. The molecule has 1 aromatic rings. The zero-order valence-electron chi connectivity index (χ0n) is 8.45. The third-order valence-corrected chi connectivity index (χ3v) is 3.03. The lowest BCUT2D eigenvalue weighted by Crippen LogP contribution is -2.04. The highest BCUT2D eigenvalue weighted by Gasteiger charge is 1.94. The third-order valence-electron chi connectivity index (χ3n) is 1.75. The van der Waals surface area contributed by atoms with Crippen LogP contribution in [0.3, 0.4) is 0 Å². The number of aliphatic hydroxyl groups is 1. The average molecular weight is 247 g/mol. The molecule has 0 aliphatic carbocycles. The molecule has 1 aromatic heterocycles. The first kappa shape index (κ1) is 12.6. The van der Waals surface area contributed by atoms with E-state index in [4.69, 9.17) is 16.7 Å². The Morgan fingerprint density at radius 2 is 2.33 bits per heavy atom. The van der Waals surface area contributed by atoms with E-state index in [0.717, 1.165) is 30.2 Å². The van der Waals surface area contributed by atoms with Gasteiger partial charge in [-0.2, -0.15) is 11.8 Å². The molecule has 0 saturated carbocycles. The monoisotopic (exact) mass is 246 g/mol. The molecule has 2 N–H and O–H groups in total. The highest BCUT2D eigenvalue weighted by Crippen LogP contribution is 2.12. The molecular weight excluding hydrogens is 232 g/mol. The number of halogens is 1. The van der Waals surface area contributed by atoms with E-state index < -0.39 is 0 Å². The largest absolute Gasteiger partial charge is 0.396 e. The molecule has 5 heteroatoms. The minimum absolute atomic E-state index is 0.278. The minimum Gasteiger partial charge on any atom is -0.396 e. The Hall–Kier alpha value is -0.450. The van der Waals surface area contributed by atoms with Crippen molar-refractivity contribution in [3.8, 4) is 0 Å². The Balaban J connectivity index is 2.10. The van der Waals surface area contributed by atoms with Gasteiger partial charge < -0.3 is 10.4 Å². The molecular formula is C10H15ClN2OS. The molecule has 0 amide bonds. The molecule has 1 rings (SSSR count). The number of hydrogen-bond acceptors (Lipinski definition) is 4.